The fraction of sp³-hybridized carbons (Fsp3) is 0.438. The molecule has 0 rings (SSSR count). The molecule has 0 atom stereocenters. The quantitative estimate of drug-likeness (QED) is 0.352. The van der Waals surface area contributed by atoms with Crippen molar-refractivity contribution in [1.82, 2.24) is 0 Å². The lowest BCUT2D eigenvalue weighted by molar-refractivity contribution is 0.135. The Balaban J connectivity index is 5.72. The standard InChI is InChI=1S/C16H24N2O/c1-5-9-15(10-6-2,13-18-14-19)16(17,11-7-3)12-8-4/h5-8H,1-4,9-13,17H2. The van der Waals surface area contributed by atoms with Gasteiger partial charge in [-0.15, -0.1) is 26.3 Å². The molecule has 0 aliphatic rings. The summed E-state index contributed by atoms with van der Waals surface area (Å²) in [5.74, 6) is 0. The molecule has 0 aromatic carbocycles. The third kappa shape index (κ3) is 4.16. The second-order valence-electron chi connectivity index (χ2n) is 4.82. The number of allylic oxidation sites excluding steroid dienone is 2. The maximum absolute atomic E-state index is 10.5. The minimum absolute atomic E-state index is 0.298. The van der Waals surface area contributed by atoms with Gasteiger partial charge in [0.25, 0.3) is 0 Å². The average molecular weight is 260 g/mol. The molecule has 0 bridgehead atoms. The highest BCUT2D eigenvalue weighted by molar-refractivity contribution is 5.33. The Morgan fingerprint density at radius 2 is 1.37 bits per heavy atom. The Morgan fingerprint density at radius 3 is 1.68 bits per heavy atom. The van der Waals surface area contributed by atoms with Crippen LogP contribution in [-0.2, 0) is 4.79 Å². The van der Waals surface area contributed by atoms with Gasteiger partial charge in [0.1, 0.15) is 0 Å². The van der Waals surface area contributed by atoms with E-state index < -0.39 is 11.0 Å². The minimum Gasteiger partial charge on any atom is -0.324 e. The molecular formula is C16H24N2O. The van der Waals surface area contributed by atoms with Crippen LogP contribution in [0.25, 0.3) is 0 Å². The van der Waals surface area contributed by atoms with Crippen LogP contribution in [0.15, 0.2) is 55.6 Å². The molecule has 0 aliphatic heterocycles. The van der Waals surface area contributed by atoms with Gasteiger partial charge in [-0.2, -0.15) is 0 Å². The van der Waals surface area contributed by atoms with Crippen LogP contribution in [0.4, 0.5) is 0 Å². The van der Waals surface area contributed by atoms with Gasteiger partial charge in [-0.25, -0.2) is 9.79 Å². The van der Waals surface area contributed by atoms with E-state index in [1.807, 2.05) is 0 Å². The zero-order valence-electron chi connectivity index (χ0n) is 11.6. The Hall–Kier alpha value is -1.70. The van der Waals surface area contributed by atoms with Gasteiger partial charge < -0.3 is 5.73 Å². The molecule has 0 unspecified atom stereocenters. The van der Waals surface area contributed by atoms with Gasteiger partial charge in [-0.05, 0) is 25.7 Å². The van der Waals surface area contributed by atoms with E-state index in [4.69, 9.17) is 5.73 Å². The molecule has 19 heavy (non-hydrogen) atoms. The van der Waals surface area contributed by atoms with Crippen LogP contribution < -0.4 is 5.73 Å². The molecule has 0 aromatic rings. The SMILES string of the molecule is C=CCC(N)(CC=C)C(CC=C)(CC=C)CN=C=O. The van der Waals surface area contributed by atoms with E-state index in [2.05, 4.69) is 31.3 Å². The Labute approximate surface area is 116 Å². The number of hydrogen-bond acceptors (Lipinski definition) is 3. The van der Waals surface area contributed by atoms with Crippen LogP contribution in [-0.4, -0.2) is 18.2 Å². The summed E-state index contributed by atoms with van der Waals surface area (Å²) in [4.78, 5) is 14.2. The molecule has 0 spiro atoms. The lowest BCUT2D eigenvalue weighted by Gasteiger charge is -2.46. The van der Waals surface area contributed by atoms with Crippen molar-refractivity contribution in [2.24, 2.45) is 16.1 Å². The summed E-state index contributed by atoms with van der Waals surface area (Å²) in [5.41, 5.74) is 5.58. The number of nitrogens with two attached hydrogens (primary N) is 1. The monoisotopic (exact) mass is 260 g/mol. The maximum Gasteiger partial charge on any atom is 0.234 e. The van der Waals surface area contributed by atoms with E-state index in [1.165, 1.54) is 0 Å². The molecule has 0 aromatic heterocycles. The van der Waals surface area contributed by atoms with Crippen LogP contribution in [0.1, 0.15) is 25.7 Å². The number of hydrogen-bond donors (Lipinski definition) is 1. The van der Waals surface area contributed by atoms with Crippen LogP contribution in [0.3, 0.4) is 0 Å². The molecule has 0 fully saturated rings. The predicted molar refractivity (Wildman–Crippen MR) is 81.6 cm³/mol. The van der Waals surface area contributed by atoms with Crippen molar-refractivity contribution in [3.8, 4) is 0 Å². The van der Waals surface area contributed by atoms with E-state index in [0.717, 1.165) is 0 Å². The highest BCUT2D eigenvalue weighted by Gasteiger charge is 2.45. The summed E-state index contributed by atoms with van der Waals surface area (Å²) in [6.07, 6.45) is 11.3. The van der Waals surface area contributed by atoms with Gasteiger partial charge >= 0.3 is 0 Å². The van der Waals surface area contributed by atoms with Gasteiger partial charge in [0.05, 0.1) is 6.54 Å². The molecule has 0 amide bonds. The summed E-state index contributed by atoms with van der Waals surface area (Å²) in [5, 5.41) is 0. The summed E-state index contributed by atoms with van der Waals surface area (Å²) >= 11 is 0. The number of nitrogens with zero attached hydrogens (tertiary/aromatic N) is 1. The van der Waals surface area contributed by atoms with Crippen molar-refractivity contribution in [1.29, 1.82) is 0 Å². The minimum atomic E-state index is -0.584. The van der Waals surface area contributed by atoms with E-state index in [0.29, 0.717) is 32.2 Å². The third-order valence-electron chi connectivity index (χ3n) is 3.59. The van der Waals surface area contributed by atoms with Gasteiger partial charge in [0, 0.05) is 11.0 Å². The van der Waals surface area contributed by atoms with Gasteiger partial charge in [0.15, 0.2) is 0 Å². The zero-order valence-corrected chi connectivity index (χ0v) is 11.6. The Kier molecular flexibility index (Phi) is 7.66. The first-order valence-electron chi connectivity index (χ1n) is 6.32. The highest BCUT2D eigenvalue weighted by atomic mass is 16.1. The summed E-state index contributed by atoms with van der Waals surface area (Å²) in [6.45, 7) is 15.4. The number of rotatable bonds is 11. The first-order chi connectivity index (χ1) is 9.05. The highest BCUT2D eigenvalue weighted by Crippen LogP contribution is 2.43. The molecule has 0 heterocycles. The van der Waals surface area contributed by atoms with Crippen molar-refractivity contribution in [2.75, 3.05) is 6.54 Å². The molecule has 104 valence electrons. The van der Waals surface area contributed by atoms with Crippen molar-refractivity contribution in [3.05, 3.63) is 50.6 Å². The van der Waals surface area contributed by atoms with Crippen LogP contribution in [0, 0.1) is 5.41 Å². The maximum atomic E-state index is 10.5. The summed E-state index contributed by atoms with van der Waals surface area (Å²) in [6, 6.07) is 0. The molecule has 0 saturated carbocycles. The second-order valence-corrected chi connectivity index (χ2v) is 4.82. The summed E-state index contributed by atoms with van der Waals surface area (Å²) < 4.78 is 0. The molecule has 3 heteroatoms. The van der Waals surface area contributed by atoms with Crippen molar-refractivity contribution in [2.45, 2.75) is 31.2 Å². The Morgan fingerprint density at radius 1 is 0.947 bits per heavy atom. The topological polar surface area (TPSA) is 55.4 Å². The normalized spacial score (nSPS) is 11.2. The predicted octanol–water partition coefficient (Wildman–Crippen LogP) is 3.31. The molecule has 3 nitrogen and oxygen atoms in total. The van der Waals surface area contributed by atoms with Gasteiger partial charge in [-0.3, -0.25) is 0 Å². The average Bonchev–Trinajstić information content (AvgIpc) is 2.37. The fourth-order valence-corrected chi connectivity index (χ4v) is 2.54. The number of aliphatic imine (C=N–C) groups is 1. The lowest BCUT2D eigenvalue weighted by Crippen LogP contribution is -2.56. The first-order valence-corrected chi connectivity index (χ1v) is 6.32. The zero-order chi connectivity index (χ0) is 14.8. The van der Waals surface area contributed by atoms with Crippen LogP contribution >= 0.6 is 0 Å². The van der Waals surface area contributed by atoms with E-state index >= 15 is 0 Å². The van der Waals surface area contributed by atoms with E-state index in [-0.39, 0.29) is 0 Å². The van der Waals surface area contributed by atoms with Crippen LogP contribution in [0.2, 0.25) is 0 Å². The lowest BCUT2D eigenvalue weighted by atomic mass is 9.62. The second kappa shape index (κ2) is 8.41. The van der Waals surface area contributed by atoms with Crippen LogP contribution in [0.5, 0.6) is 0 Å². The smallest absolute Gasteiger partial charge is 0.234 e. The van der Waals surface area contributed by atoms with Crippen molar-refractivity contribution >= 4 is 6.08 Å². The van der Waals surface area contributed by atoms with E-state index in [9.17, 15) is 4.79 Å². The summed E-state index contributed by atoms with van der Waals surface area (Å²) in [7, 11) is 0. The van der Waals surface area contributed by atoms with Gasteiger partial charge in [-0.1, -0.05) is 24.3 Å². The van der Waals surface area contributed by atoms with Crippen molar-refractivity contribution < 1.29 is 4.79 Å². The Bertz CT molecular complexity index is 358. The fourth-order valence-electron chi connectivity index (χ4n) is 2.54. The van der Waals surface area contributed by atoms with Gasteiger partial charge in [0.2, 0.25) is 6.08 Å². The first kappa shape index (κ1) is 17.3. The number of isocyanates is 1. The third-order valence-corrected chi connectivity index (χ3v) is 3.59. The van der Waals surface area contributed by atoms with Crippen molar-refractivity contribution in [3.63, 3.8) is 0 Å². The van der Waals surface area contributed by atoms with E-state index in [1.54, 1.807) is 30.4 Å². The molecule has 0 radical (unpaired) electrons. The molecular weight excluding hydrogens is 236 g/mol. The molecule has 0 aliphatic carbocycles. The number of carbonyl (C=O) groups excluding carboxylic acids is 1. The molecule has 2 N–H and O–H groups in total. The molecule has 0 saturated heterocycles. The largest absolute Gasteiger partial charge is 0.324 e.